The predicted octanol–water partition coefficient (Wildman–Crippen LogP) is 17.5. The van der Waals surface area contributed by atoms with Gasteiger partial charge < -0.3 is 13.9 Å². The molecule has 0 atom stereocenters. The first-order valence-corrected chi connectivity index (χ1v) is 22.8. The number of benzene rings is 10. The van der Waals surface area contributed by atoms with E-state index in [4.69, 9.17) is 4.42 Å². The van der Waals surface area contributed by atoms with Crippen LogP contribution >= 0.6 is 0 Å². The Bertz CT molecular complexity index is 3780. The number of para-hydroxylation sites is 4. The Labute approximate surface area is 384 Å². The lowest BCUT2D eigenvalue weighted by Crippen LogP contribution is -2.16. The SMILES string of the molecule is CC1(C)c2ccccc2-c2cccc(-c3ccc(N(c4ccc(-c5ccc(-c6ccccc6-n6c7ccccc7c7ccccc76)cc5)cc4)c4ccc5c(c4)oc4ccccc45)cc3)c21. The summed E-state index contributed by atoms with van der Waals surface area (Å²) in [7, 11) is 0. The third-order valence-corrected chi connectivity index (χ3v) is 14.0. The third kappa shape index (κ3) is 5.90. The average molecular weight is 845 g/mol. The second-order valence-electron chi connectivity index (χ2n) is 18.1. The second kappa shape index (κ2) is 14.8. The second-order valence-corrected chi connectivity index (χ2v) is 18.1. The molecule has 0 N–H and O–H groups in total. The fourth-order valence-electron chi connectivity index (χ4n) is 10.9. The zero-order chi connectivity index (χ0) is 43.9. The monoisotopic (exact) mass is 844 g/mol. The summed E-state index contributed by atoms with van der Waals surface area (Å²) in [5.41, 5.74) is 21.0. The molecule has 3 nitrogen and oxygen atoms in total. The highest BCUT2D eigenvalue weighted by atomic mass is 16.3. The van der Waals surface area contributed by atoms with Crippen molar-refractivity contribution in [1.82, 2.24) is 4.57 Å². The lowest BCUT2D eigenvalue weighted by Gasteiger charge is -2.27. The fourth-order valence-corrected chi connectivity index (χ4v) is 10.9. The van der Waals surface area contributed by atoms with Gasteiger partial charge >= 0.3 is 0 Å². The molecule has 0 amide bonds. The topological polar surface area (TPSA) is 21.3 Å². The van der Waals surface area contributed by atoms with Gasteiger partial charge in [-0.15, -0.1) is 0 Å². The number of hydrogen-bond donors (Lipinski definition) is 0. The fraction of sp³-hybridized carbons (Fsp3) is 0.0476. The Hall–Kier alpha value is -8.40. The molecule has 12 aromatic rings. The lowest BCUT2D eigenvalue weighted by atomic mass is 9.79. The van der Waals surface area contributed by atoms with Crippen molar-refractivity contribution in [2.75, 3.05) is 4.90 Å². The van der Waals surface area contributed by atoms with E-state index in [2.05, 4.69) is 242 Å². The molecule has 312 valence electrons. The number of rotatable bonds is 7. The Morgan fingerprint density at radius 3 is 1.56 bits per heavy atom. The Kier molecular flexibility index (Phi) is 8.56. The first-order valence-electron chi connectivity index (χ1n) is 22.8. The number of furan rings is 1. The van der Waals surface area contributed by atoms with Crippen molar-refractivity contribution in [3.63, 3.8) is 0 Å². The molecule has 0 saturated heterocycles. The van der Waals surface area contributed by atoms with Gasteiger partial charge in [-0.2, -0.15) is 0 Å². The number of anilines is 3. The average Bonchev–Trinajstić information content (AvgIpc) is 4.00. The van der Waals surface area contributed by atoms with E-state index in [0.29, 0.717) is 0 Å². The summed E-state index contributed by atoms with van der Waals surface area (Å²) in [6.45, 7) is 4.72. The van der Waals surface area contributed by atoms with E-state index in [-0.39, 0.29) is 5.41 Å². The molecule has 1 aliphatic rings. The summed E-state index contributed by atoms with van der Waals surface area (Å²) in [5, 5.41) is 4.76. The number of fused-ring (bicyclic) bond motifs is 9. The van der Waals surface area contributed by atoms with Gasteiger partial charge in [0.25, 0.3) is 0 Å². The minimum atomic E-state index is -0.102. The van der Waals surface area contributed by atoms with Crippen LogP contribution in [0.1, 0.15) is 25.0 Å². The van der Waals surface area contributed by atoms with Crippen molar-refractivity contribution in [1.29, 1.82) is 0 Å². The van der Waals surface area contributed by atoms with Crippen molar-refractivity contribution in [3.8, 4) is 50.2 Å². The van der Waals surface area contributed by atoms with Crippen LogP contribution in [-0.2, 0) is 5.41 Å². The predicted molar refractivity (Wildman–Crippen MR) is 277 cm³/mol. The minimum Gasteiger partial charge on any atom is -0.456 e. The molecule has 66 heavy (non-hydrogen) atoms. The molecule has 0 bridgehead atoms. The molecule has 2 heterocycles. The van der Waals surface area contributed by atoms with Crippen LogP contribution < -0.4 is 4.90 Å². The molecule has 1 aliphatic carbocycles. The van der Waals surface area contributed by atoms with Crippen LogP contribution in [0.3, 0.4) is 0 Å². The normalized spacial score (nSPS) is 12.8. The van der Waals surface area contributed by atoms with Crippen molar-refractivity contribution in [3.05, 3.63) is 242 Å². The van der Waals surface area contributed by atoms with Crippen LogP contribution in [0.15, 0.2) is 235 Å². The van der Waals surface area contributed by atoms with Gasteiger partial charge in [-0.3, -0.25) is 0 Å². The number of nitrogens with zero attached hydrogens (tertiary/aromatic N) is 2. The van der Waals surface area contributed by atoms with Gasteiger partial charge in [0.05, 0.1) is 16.7 Å². The van der Waals surface area contributed by atoms with Crippen molar-refractivity contribution >= 4 is 60.8 Å². The molecule has 0 fully saturated rings. The van der Waals surface area contributed by atoms with E-state index in [1.54, 1.807) is 0 Å². The summed E-state index contributed by atoms with van der Waals surface area (Å²) < 4.78 is 8.85. The first-order chi connectivity index (χ1) is 32.5. The van der Waals surface area contributed by atoms with Crippen LogP contribution in [0.2, 0.25) is 0 Å². The van der Waals surface area contributed by atoms with Crippen LogP contribution in [0.25, 0.3) is 93.9 Å². The van der Waals surface area contributed by atoms with E-state index in [0.717, 1.165) is 44.6 Å². The molecule has 0 radical (unpaired) electrons. The molecule has 10 aromatic carbocycles. The molecule has 3 heteroatoms. The van der Waals surface area contributed by atoms with Gasteiger partial charge in [-0.25, -0.2) is 0 Å². The highest BCUT2D eigenvalue weighted by Crippen LogP contribution is 2.52. The van der Waals surface area contributed by atoms with Gasteiger partial charge in [0, 0.05) is 55.7 Å². The summed E-state index contributed by atoms with van der Waals surface area (Å²) in [6, 6.07) is 83.7. The summed E-state index contributed by atoms with van der Waals surface area (Å²) in [5.74, 6) is 0. The van der Waals surface area contributed by atoms with Gasteiger partial charge in [0.2, 0.25) is 0 Å². The smallest absolute Gasteiger partial charge is 0.137 e. The van der Waals surface area contributed by atoms with Gasteiger partial charge in [0.15, 0.2) is 0 Å². The standard InChI is InChI=1S/C63H44N2O/c1-63(2)56-21-8-3-15-50(56)55-20-13-19-49(62(55)63)44-32-36-46(37-33-44)64(47-38-39-54-53-18-7-12-25-60(53)66-61(54)40-47)45-34-30-42(31-35-45)41-26-28-43(29-27-41)48-14-4-9-22-57(48)65-58-23-10-5-16-51(58)52-17-6-11-24-59(52)65/h3-40H,1-2H3. The number of hydrogen-bond acceptors (Lipinski definition) is 2. The summed E-state index contributed by atoms with van der Waals surface area (Å²) in [4.78, 5) is 2.34. The molecule has 0 unspecified atom stereocenters. The maximum Gasteiger partial charge on any atom is 0.137 e. The zero-order valence-corrected chi connectivity index (χ0v) is 36.7. The minimum absolute atomic E-state index is 0.102. The summed E-state index contributed by atoms with van der Waals surface area (Å²) in [6.07, 6.45) is 0. The van der Waals surface area contributed by atoms with Gasteiger partial charge in [0.1, 0.15) is 11.2 Å². The van der Waals surface area contributed by atoms with Crippen molar-refractivity contribution < 1.29 is 4.42 Å². The molecule has 2 aromatic heterocycles. The molecule has 0 saturated carbocycles. The van der Waals surface area contributed by atoms with Gasteiger partial charge in [-0.05, 0) is 111 Å². The zero-order valence-electron chi connectivity index (χ0n) is 36.7. The van der Waals surface area contributed by atoms with Crippen molar-refractivity contribution in [2.45, 2.75) is 19.3 Å². The lowest BCUT2D eigenvalue weighted by molar-refractivity contribution is 0.662. The van der Waals surface area contributed by atoms with Gasteiger partial charge in [-0.1, -0.05) is 178 Å². The van der Waals surface area contributed by atoms with Crippen LogP contribution in [0, 0.1) is 0 Å². The highest BCUT2D eigenvalue weighted by molar-refractivity contribution is 6.10. The molecule has 0 aliphatic heterocycles. The largest absolute Gasteiger partial charge is 0.456 e. The van der Waals surface area contributed by atoms with Crippen LogP contribution in [0.4, 0.5) is 17.1 Å². The Balaban J connectivity index is 0.862. The molecular formula is C63H44N2O. The van der Waals surface area contributed by atoms with Crippen molar-refractivity contribution in [2.24, 2.45) is 0 Å². The van der Waals surface area contributed by atoms with E-state index in [1.165, 1.54) is 77.6 Å². The highest BCUT2D eigenvalue weighted by Gasteiger charge is 2.37. The van der Waals surface area contributed by atoms with E-state index >= 15 is 0 Å². The third-order valence-electron chi connectivity index (χ3n) is 14.0. The molecule has 0 spiro atoms. The molecular weight excluding hydrogens is 801 g/mol. The maximum atomic E-state index is 6.44. The van der Waals surface area contributed by atoms with E-state index in [9.17, 15) is 0 Å². The Morgan fingerprint density at radius 2 is 0.848 bits per heavy atom. The quantitative estimate of drug-likeness (QED) is 0.159. The van der Waals surface area contributed by atoms with E-state index in [1.807, 2.05) is 12.1 Å². The maximum absolute atomic E-state index is 6.44. The molecule has 13 rings (SSSR count). The summed E-state index contributed by atoms with van der Waals surface area (Å²) >= 11 is 0. The van der Waals surface area contributed by atoms with E-state index < -0.39 is 0 Å². The number of aromatic nitrogens is 1. The first kappa shape index (κ1) is 38.1. The Morgan fingerprint density at radius 1 is 0.364 bits per heavy atom. The van der Waals surface area contributed by atoms with Crippen LogP contribution in [0.5, 0.6) is 0 Å². The van der Waals surface area contributed by atoms with Crippen LogP contribution in [-0.4, -0.2) is 4.57 Å².